The molecule has 1 aromatic heterocycles. The van der Waals surface area contributed by atoms with Crippen LogP contribution in [0.4, 0.5) is 0 Å². The molecular formula is C18H17BrN2O. The average Bonchev–Trinajstić information content (AvgIpc) is 2.93. The molecule has 0 saturated heterocycles. The first-order chi connectivity index (χ1) is 10.7. The van der Waals surface area contributed by atoms with E-state index in [9.17, 15) is 4.79 Å². The van der Waals surface area contributed by atoms with Crippen LogP contribution in [0.25, 0.3) is 10.9 Å². The molecule has 0 aliphatic heterocycles. The second-order valence-corrected chi connectivity index (χ2v) is 6.08. The van der Waals surface area contributed by atoms with Crippen molar-refractivity contribution in [2.45, 2.75) is 12.8 Å². The predicted molar refractivity (Wildman–Crippen MR) is 92.9 cm³/mol. The molecule has 2 aromatic carbocycles. The van der Waals surface area contributed by atoms with Crippen molar-refractivity contribution in [3.63, 3.8) is 0 Å². The van der Waals surface area contributed by atoms with Gasteiger partial charge in [0.25, 0.3) is 0 Å². The average molecular weight is 357 g/mol. The molecule has 0 bridgehead atoms. The highest BCUT2D eigenvalue weighted by molar-refractivity contribution is 9.10. The maximum Gasteiger partial charge on any atom is 0.224 e. The number of aromatic amines is 1. The molecule has 0 radical (unpaired) electrons. The van der Waals surface area contributed by atoms with E-state index in [-0.39, 0.29) is 5.91 Å². The van der Waals surface area contributed by atoms with E-state index in [2.05, 4.69) is 38.4 Å². The lowest BCUT2D eigenvalue weighted by molar-refractivity contribution is -0.120. The Morgan fingerprint density at radius 1 is 1.05 bits per heavy atom. The van der Waals surface area contributed by atoms with Gasteiger partial charge in [0.2, 0.25) is 5.91 Å². The van der Waals surface area contributed by atoms with Gasteiger partial charge in [-0.25, -0.2) is 0 Å². The van der Waals surface area contributed by atoms with Gasteiger partial charge in [0.1, 0.15) is 0 Å². The molecule has 0 aliphatic carbocycles. The molecule has 0 atom stereocenters. The number of hydrogen-bond acceptors (Lipinski definition) is 1. The minimum absolute atomic E-state index is 0.0479. The predicted octanol–water partition coefficient (Wildman–Crippen LogP) is 3.83. The molecule has 4 heteroatoms. The van der Waals surface area contributed by atoms with Crippen molar-refractivity contribution in [1.29, 1.82) is 0 Å². The SMILES string of the molecule is O=C(Cc1ccccc1Br)NCCc1c[nH]c2ccccc12. The third kappa shape index (κ3) is 3.39. The molecule has 0 spiro atoms. The van der Waals surface area contributed by atoms with Crippen LogP contribution in [-0.4, -0.2) is 17.4 Å². The highest BCUT2D eigenvalue weighted by Gasteiger charge is 2.07. The summed E-state index contributed by atoms with van der Waals surface area (Å²) in [6.45, 7) is 0.644. The summed E-state index contributed by atoms with van der Waals surface area (Å²) in [6, 6.07) is 16.0. The Kier molecular flexibility index (Phi) is 4.59. The molecule has 2 N–H and O–H groups in total. The number of hydrogen-bond donors (Lipinski definition) is 2. The minimum Gasteiger partial charge on any atom is -0.361 e. The number of H-pyrrole nitrogens is 1. The number of rotatable bonds is 5. The maximum absolute atomic E-state index is 12.0. The molecule has 3 nitrogen and oxygen atoms in total. The maximum atomic E-state index is 12.0. The largest absolute Gasteiger partial charge is 0.361 e. The summed E-state index contributed by atoms with van der Waals surface area (Å²) < 4.78 is 0.974. The van der Waals surface area contributed by atoms with E-state index >= 15 is 0 Å². The van der Waals surface area contributed by atoms with E-state index in [1.807, 2.05) is 42.6 Å². The highest BCUT2D eigenvalue weighted by Crippen LogP contribution is 2.18. The van der Waals surface area contributed by atoms with Crippen molar-refractivity contribution in [2.24, 2.45) is 0 Å². The molecule has 112 valence electrons. The quantitative estimate of drug-likeness (QED) is 0.716. The van der Waals surface area contributed by atoms with E-state index in [4.69, 9.17) is 0 Å². The lowest BCUT2D eigenvalue weighted by Gasteiger charge is -2.06. The third-order valence-electron chi connectivity index (χ3n) is 3.70. The van der Waals surface area contributed by atoms with Gasteiger partial charge < -0.3 is 10.3 Å². The molecule has 0 saturated carbocycles. The fourth-order valence-electron chi connectivity index (χ4n) is 2.55. The van der Waals surface area contributed by atoms with Gasteiger partial charge in [-0.2, -0.15) is 0 Å². The van der Waals surface area contributed by atoms with E-state index in [0.717, 1.165) is 22.0 Å². The Balaban J connectivity index is 1.55. The summed E-state index contributed by atoms with van der Waals surface area (Å²) in [5, 5.41) is 4.21. The van der Waals surface area contributed by atoms with Crippen LogP contribution in [0.5, 0.6) is 0 Å². The van der Waals surface area contributed by atoms with Gasteiger partial charge in [0.15, 0.2) is 0 Å². The zero-order chi connectivity index (χ0) is 15.4. The van der Waals surface area contributed by atoms with Crippen LogP contribution in [0, 0.1) is 0 Å². The van der Waals surface area contributed by atoms with Crippen molar-refractivity contribution in [3.8, 4) is 0 Å². The molecule has 0 aliphatic rings. The molecule has 3 aromatic rings. The first-order valence-corrected chi connectivity index (χ1v) is 8.08. The monoisotopic (exact) mass is 356 g/mol. The van der Waals surface area contributed by atoms with Crippen LogP contribution in [0.15, 0.2) is 59.2 Å². The second kappa shape index (κ2) is 6.79. The van der Waals surface area contributed by atoms with Crippen LogP contribution < -0.4 is 5.32 Å². The smallest absolute Gasteiger partial charge is 0.224 e. The third-order valence-corrected chi connectivity index (χ3v) is 4.47. The number of aromatic nitrogens is 1. The number of fused-ring (bicyclic) bond motifs is 1. The van der Waals surface area contributed by atoms with Gasteiger partial charge in [-0.05, 0) is 29.7 Å². The number of amides is 1. The zero-order valence-corrected chi connectivity index (χ0v) is 13.7. The molecule has 0 unspecified atom stereocenters. The number of para-hydroxylation sites is 1. The highest BCUT2D eigenvalue weighted by atomic mass is 79.9. The van der Waals surface area contributed by atoms with E-state index in [1.165, 1.54) is 10.9 Å². The van der Waals surface area contributed by atoms with Crippen LogP contribution in [0.3, 0.4) is 0 Å². The molecule has 3 rings (SSSR count). The fourth-order valence-corrected chi connectivity index (χ4v) is 2.98. The Morgan fingerprint density at radius 2 is 1.82 bits per heavy atom. The number of benzene rings is 2. The summed E-state index contributed by atoms with van der Waals surface area (Å²) >= 11 is 3.47. The van der Waals surface area contributed by atoms with Gasteiger partial charge >= 0.3 is 0 Å². The van der Waals surface area contributed by atoms with Gasteiger partial charge in [0, 0.05) is 28.1 Å². The van der Waals surface area contributed by atoms with Crippen molar-refractivity contribution in [1.82, 2.24) is 10.3 Å². The zero-order valence-electron chi connectivity index (χ0n) is 12.1. The summed E-state index contributed by atoms with van der Waals surface area (Å²) in [4.78, 5) is 15.3. The number of carbonyl (C=O) groups is 1. The van der Waals surface area contributed by atoms with Crippen molar-refractivity contribution in [3.05, 3.63) is 70.3 Å². The summed E-state index contributed by atoms with van der Waals surface area (Å²) in [6.07, 6.45) is 3.24. The Hall–Kier alpha value is -2.07. The lowest BCUT2D eigenvalue weighted by atomic mass is 10.1. The Labute approximate surface area is 137 Å². The summed E-state index contributed by atoms with van der Waals surface area (Å²) in [7, 11) is 0. The molecule has 1 heterocycles. The normalized spacial score (nSPS) is 10.8. The second-order valence-electron chi connectivity index (χ2n) is 5.23. The van der Waals surface area contributed by atoms with Crippen LogP contribution in [0.2, 0.25) is 0 Å². The van der Waals surface area contributed by atoms with E-state index in [0.29, 0.717) is 13.0 Å². The summed E-state index contributed by atoms with van der Waals surface area (Å²) in [5.41, 5.74) is 3.38. The molecular weight excluding hydrogens is 340 g/mol. The topological polar surface area (TPSA) is 44.9 Å². The number of carbonyl (C=O) groups excluding carboxylic acids is 1. The first-order valence-electron chi connectivity index (χ1n) is 7.29. The van der Waals surface area contributed by atoms with Crippen molar-refractivity contribution >= 4 is 32.7 Å². The van der Waals surface area contributed by atoms with Crippen molar-refractivity contribution < 1.29 is 4.79 Å². The van der Waals surface area contributed by atoms with E-state index in [1.54, 1.807) is 0 Å². The van der Waals surface area contributed by atoms with Crippen LogP contribution in [-0.2, 0) is 17.6 Å². The molecule has 0 fully saturated rings. The Morgan fingerprint density at radius 3 is 2.68 bits per heavy atom. The summed E-state index contributed by atoms with van der Waals surface area (Å²) in [5.74, 6) is 0.0479. The van der Waals surface area contributed by atoms with Crippen LogP contribution >= 0.6 is 15.9 Å². The van der Waals surface area contributed by atoms with Crippen LogP contribution in [0.1, 0.15) is 11.1 Å². The Bertz CT molecular complexity index is 794. The number of halogens is 1. The lowest BCUT2D eigenvalue weighted by Crippen LogP contribution is -2.27. The minimum atomic E-state index is 0.0479. The van der Waals surface area contributed by atoms with Gasteiger partial charge in [-0.15, -0.1) is 0 Å². The standard InChI is InChI=1S/C18H17BrN2O/c19-16-7-3-1-5-13(16)11-18(22)20-10-9-14-12-21-17-8-4-2-6-15(14)17/h1-8,12,21H,9-11H2,(H,20,22). The van der Waals surface area contributed by atoms with E-state index < -0.39 is 0 Å². The van der Waals surface area contributed by atoms with Gasteiger partial charge in [-0.1, -0.05) is 52.3 Å². The van der Waals surface area contributed by atoms with Gasteiger partial charge in [-0.3, -0.25) is 4.79 Å². The molecule has 1 amide bonds. The first kappa shape index (κ1) is 14.9. The number of nitrogens with one attached hydrogen (secondary N) is 2. The fraction of sp³-hybridized carbons (Fsp3) is 0.167. The van der Waals surface area contributed by atoms with Crippen molar-refractivity contribution in [2.75, 3.05) is 6.54 Å². The molecule has 22 heavy (non-hydrogen) atoms. The van der Waals surface area contributed by atoms with Gasteiger partial charge in [0.05, 0.1) is 6.42 Å².